The van der Waals surface area contributed by atoms with Crippen LogP contribution in [0.2, 0.25) is 0 Å². The maximum atomic E-state index is 12.0. The highest BCUT2D eigenvalue weighted by Crippen LogP contribution is 2.38. The molecule has 0 aromatic rings. The average molecular weight is 271 g/mol. The van der Waals surface area contributed by atoms with Crippen LogP contribution in [0.3, 0.4) is 0 Å². The molecule has 0 spiro atoms. The Morgan fingerprint density at radius 1 is 1.26 bits per heavy atom. The summed E-state index contributed by atoms with van der Waals surface area (Å²) < 4.78 is 5.12. The molecule has 0 aromatic carbocycles. The molecule has 1 saturated carbocycles. The largest absolute Gasteiger partial charge is 0.481 e. The number of aliphatic carboxylic acids is 1. The van der Waals surface area contributed by atoms with Gasteiger partial charge in [-0.25, -0.2) is 0 Å². The number of methoxy groups -OCH3 is 1. The normalized spacial score (nSPS) is 18.9. The molecule has 1 fully saturated rings. The average Bonchev–Trinajstić information content (AvgIpc) is 2.36. The summed E-state index contributed by atoms with van der Waals surface area (Å²) >= 11 is 0. The van der Waals surface area contributed by atoms with Crippen LogP contribution in [0.5, 0.6) is 0 Å². The zero-order valence-electron chi connectivity index (χ0n) is 12.1. The van der Waals surface area contributed by atoms with E-state index in [2.05, 4.69) is 5.32 Å². The summed E-state index contributed by atoms with van der Waals surface area (Å²) in [5.41, 5.74) is -1.16. The number of hydrogen-bond donors (Lipinski definition) is 2. The standard InChI is InChI=1S/C14H25NO4/c1-13(2,19-3)12(18)15-10-14(9-11(16)17)7-5-4-6-8-14/h4-10H2,1-3H3,(H,15,18)(H,16,17). The van der Waals surface area contributed by atoms with Crippen LogP contribution in [0.25, 0.3) is 0 Å². The predicted octanol–water partition coefficient (Wildman–Crippen LogP) is 1.95. The van der Waals surface area contributed by atoms with E-state index in [9.17, 15) is 9.59 Å². The SMILES string of the molecule is COC(C)(C)C(=O)NCC1(CC(=O)O)CCCCC1. The number of carboxylic acids is 1. The van der Waals surface area contributed by atoms with Gasteiger partial charge in [-0.1, -0.05) is 19.3 Å². The van der Waals surface area contributed by atoms with Crippen LogP contribution in [-0.4, -0.2) is 36.2 Å². The lowest BCUT2D eigenvalue weighted by molar-refractivity contribution is -0.143. The van der Waals surface area contributed by atoms with Gasteiger partial charge in [-0.2, -0.15) is 0 Å². The highest BCUT2D eigenvalue weighted by molar-refractivity contribution is 5.84. The van der Waals surface area contributed by atoms with Crippen molar-refractivity contribution in [2.75, 3.05) is 13.7 Å². The molecule has 110 valence electrons. The lowest BCUT2D eigenvalue weighted by Gasteiger charge is -2.37. The van der Waals surface area contributed by atoms with E-state index in [1.54, 1.807) is 13.8 Å². The van der Waals surface area contributed by atoms with Crippen molar-refractivity contribution in [1.29, 1.82) is 0 Å². The Kier molecular flexibility index (Phi) is 5.35. The first kappa shape index (κ1) is 16.0. The Bertz CT molecular complexity index is 332. The van der Waals surface area contributed by atoms with Gasteiger partial charge in [-0.3, -0.25) is 9.59 Å². The van der Waals surface area contributed by atoms with Crippen LogP contribution in [0, 0.1) is 5.41 Å². The molecule has 19 heavy (non-hydrogen) atoms. The maximum absolute atomic E-state index is 12.0. The molecule has 0 radical (unpaired) electrons. The summed E-state index contributed by atoms with van der Waals surface area (Å²) in [6.07, 6.45) is 5.09. The Labute approximate surface area is 114 Å². The Morgan fingerprint density at radius 3 is 2.32 bits per heavy atom. The summed E-state index contributed by atoms with van der Waals surface area (Å²) in [5.74, 6) is -0.979. The second-order valence-corrected chi connectivity index (χ2v) is 6.03. The van der Waals surface area contributed by atoms with E-state index in [-0.39, 0.29) is 17.7 Å². The van der Waals surface area contributed by atoms with Gasteiger partial charge in [0.15, 0.2) is 0 Å². The van der Waals surface area contributed by atoms with Crippen LogP contribution in [0.1, 0.15) is 52.4 Å². The lowest BCUT2D eigenvalue weighted by Crippen LogP contribution is -2.48. The van der Waals surface area contributed by atoms with E-state index in [0.29, 0.717) is 6.54 Å². The molecule has 5 nitrogen and oxygen atoms in total. The maximum Gasteiger partial charge on any atom is 0.303 e. The van der Waals surface area contributed by atoms with E-state index in [4.69, 9.17) is 9.84 Å². The van der Waals surface area contributed by atoms with Crippen molar-refractivity contribution in [2.45, 2.75) is 58.0 Å². The Balaban J connectivity index is 2.63. The van der Waals surface area contributed by atoms with Crippen molar-refractivity contribution in [3.63, 3.8) is 0 Å². The van der Waals surface area contributed by atoms with Crippen molar-refractivity contribution >= 4 is 11.9 Å². The van der Waals surface area contributed by atoms with Crippen molar-refractivity contribution < 1.29 is 19.4 Å². The van der Waals surface area contributed by atoms with Gasteiger partial charge in [0.2, 0.25) is 0 Å². The van der Waals surface area contributed by atoms with Gasteiger partial charge in [-0.05, 0) is 32.1 Å². The molecule has 1 aliphatic rings. The number of nitrogens with one attached hydrogen (secondary N) is 1. The number of carbonyl (C=O) groups excluding carboxylic acids is 1. The predicted molar refractivity (Wildman–Crippen MR) is 71.9 cm³/mol. The molecule has 0 bridgehead atoms. The molecule has 0 aromatic heterocycles. The third-order valence-electron chi connectivity index (χ3n) is 4.12. The highest BCUT2D eigenvalue weighted by atomic mass is 16.5. The highest BCUT2D eigenvalue weighted by Gasteiger charge is 2.36. The smallest absolute Gasteiger partial charge is 0.303 e. The minimum absolute atomic E-state index is 0.126. The van der Waals surface area contributed by atoms with Crippen molar-refractivity contribution in [2.24, 2.45) is 5.41 Å². The molecule has 0 heterocycles. The van der Waals surface area contributed by atoms with Gasteiger partial charge in [0, 0.05) is 13.7 Å². The second-order valence-electron chi connectivity index (χ2n) is 6.03. The van der Waals surface area contributed by atoms with Gasteiger partial charge in [0.1, 0.15) is 5.60 Å². The monoisotopic (exact) mass is 271 g/mol. The third kappa shape index (κ3) is 4.49. The third-order valence-corrected chi connectivity index (χ3v) is 4.12. The molecular weight excluding hydrogens is 246 g/mol. The second kappa shape index (κ2) is 6.37. The van der Waals surface area contributed by atoms with Gasteiger partial charge >= 0.3 is 5.97 Å². The lowest BCUT2D eigenvalue weighted by atomic mass is 9.71. The fourth-order valence-corrected chi connectivity index (χ4v) is 2.61. The number of carboxylic acid groups (broad SMARTS) is 1. The van der Waals surface area contributed by atoms with E-state index in [1.807, 2.05) is 0 Å². The van der Waals surface area contributed by atoms with E-state index in [1.165, 1.54) is 7.11 Å². The Morgan fingerprint density at radius 2 is 1.84 bits per heavy atom. The summed E-state index contributed by atoms with van der Waals surface area (Å²) in [6.45, 7) is 3.82. The summed E-state index contributed by atoms with van der Waals surface area (Å²) in [7, 11) is 1.49. The number of rotatable bonds is 6. The summed E-state index contributed by atoms with van der Waals surface area (Å²) in [5, 5.41) is 11.9. The van der Waals surface area contributed by atoms with Gasteiger partial charge in [0.05, 0.1) is 6.42 Å². The van der Waals surface area contributed by atoms with Crippen molar-refractivity contribution in [3.8, 4) is 0 Å². The van der Waals surface area contributed by atoms with Crippen LogP contribution in [-0.2, 0) is 14.3 Å². The van der Waals surface area contributed by atoms with Crippen molar-refractivity contribution in [1.82, 2.24) is 5.32 Å². The first-order valence-corrected chi connectivity index (χ1v) is 6.87. The quantitative estimate of drug-likeness (QED) is 0.774. The topological polar surface area (TPSA) is 75.6 Å². The van der Waals surface area contributed by atoms with Crippen LogP contribution >= 0.6 is 0 Å². The van der Waals surface area contributed by atoms with E-state index in [0.717, 1.165) is 32.1 Å². The van der Waals surface area contributed by atoms with Crippen molar-refractivity contribution in [3.05, 3.63) is 0 Å². The summed E-state index contributed by atoms with van der Waals surface area (Å²) in [4.78, 5) is 23.0. The van der Waals surface area contributed by atoms with Gasteiger partial charge < -0.3 is 15.2 Å². The zero-order chi connectivity index (χ0) is 14.5. The fourth-order valence-electron chi connectivity index (χ4n) is 2.61. The molecule has 0 saturated heterocycles. The number of hydrogen-bond acceptors (Lipinski definition) is 3. The van der Waals surface area contributed by atoms with Crippen LogP contribution in [0.15, 0.2) is 0 Å². The number of amides is 1. The minimum Gasteiger partial charge on any atom is -0.481 e. The molecule has 0 aliphatic heterocycles. The van der Waals surface area contributed by atoms with E-state index >= 15 is 0 Å². The molecule has 0 unspecified atom stereocenters. The minimum atomic E-state index is -0.876. The van der Waals surface area contributed by atoms with Gasteiger partial charge in [-0.15, -0.1) is 0 Å². The number of ether oxygens (including phenoxy) is 1. The first-order valence-electron chi connectivity index (χ1n) is 6.87. The fraction of sp³-hybridized carbons (Fsp3) is 0.857. The van der Waals surface area contributed by atoms with Gasteiger partial charge in [0.25, 0.3) is 5.91 Å². The van der Waals surface area contributed by atoms with Crippen LogP contribution < -0.4 is 5.32 Å². The molecule has 2 N–H and O–H groups in total. The first-order chi connectivity index (χ1) is 8.81. The summed E-state index contributed by atoms with van der Waals surface area (Å²) in [6, 6.07) is 0. The molecule has 1 rings (SSSR count). The Hall–Kier alpha value is -1.10. The number of carbonyl (C=O) groups is 2. The molecule has 5 heteroatoms. The molecule has 0 atom stereocenters. The molecular formula is C14H25NO4. The van der Waals surface area contributed by atoms with E-state index < -0.39 is 11.6 Å². The zero-order valence-corrected chi connectivity index (χ0v) is 12.1. The molecule has 1 amide bonds. The van der Waals surface area contributed by atoms with Crippen LogP contribution in [0.4, 0.5) is 0 Å². The molecule has 1 aliphatic carbocycles.